The third kappa shape index (κ3) is 4.21. The minimum Gasteiger partial charge on any atom is -0.368 e. The van der Waals surface area contributed by atoms with Crippen molar-refractivity contribution in [3.63, 3.8) is 0 Å². The van der Waals surface area contributed by atoms with Crippen LogP contribution in [0.2, 0.25) is 0 Å². The Morgan fingerprint density at radius 1 is 1.46 bits per heavy atom. The van der Waals surface area contributed by atoms with Gasteiger partial charge in [0.15, 0.2) is 5.79 Å². The molecule has 1 unspecified atom stereocenters. The molecule has 5 heteroatoms. The first-order valence-electron chi connectivity index (χ1n) is 4.61. The number of hydroxylamine groups is 1. The highest BCUT2D eigenvalue weighted by Crippen LogP contribution is 2.03. The summed E-state index contributed by atoms with van der Waals surface area (Å²) in [6, 6.07) is 0. The molecule has 0 bridgehead atoms. The Kier molecular flexibility index (Phi) is 3.65. The van der Waals surface area contributed by atoms with Gasteiger partial charge in [0.25, 0.3) is 0 Å². The van der Waals surface area contributed by atoms with Gasteiger partial charge in [0.05, 0.1) is 0 Å². The summed E-state index contributed by atoms with van der Waals surface area (Å²) in [5, 5.41) is 3.04. The van der Waals surface area contributed by atoms with Crippen LogP contribution in [0.15, 0.2) is 0 Å². The van der Waals surface area contributed by atoms with Gasteiger partial charge in [-0.1, -0.05) is 6.42 Å². The SMILES string of the molecule is CC1(N)NCCCCCC(=O)ON1. The van der Waals surface area contributed by atoms with Crippen LogP contribution in [0.3, 0.4) is 0 Å². The highest BCUT2D eigenvalue weighted by Gasteiger charge is 2.19. The molecule has 1 heterocycles. The van der Waals surface area contributed by atoms with E-state index in [0.717, 1.165) is 25.8 Å². The predicted molar refractivity (Wildman–Crippen MR) is 48.3 cm³/mol. The van der Waals surface area contributed by atoms with Crippen LogP contribution in [0.1, 0.15) is 32.6 Å². The van der Waals surface area contributed by atoms with Crippen molar-refractivity contribution in [3.8, 4) is 0 Å². The van der Waals surface area contributed by atoms with Gasteiger partial charge >= 0.3 is 5.97 Å². The van der Waals surface area contributed by atoms with Crippen molar-refractivity contribution < 1.29 is 9.63 Å². The first kappa shape index (κ1) is 10.4. The summed E-state index contributed by atoms with van der Waals surface area (Å²) in [7, 11) is 0. The Hall–Kier alpha value is -0.650. The van der Waals surface area contributed by atoms with Crippen LogP contribution in [0.25, 0.3) is 0 Å². The van der Waals surface area contributed by atoms with E-state index in [1.54, 1.807) is 6.92 Å². The zero-order valence-electron chi connectivity index (χ0n) is 7.93. The largest absolute Gasteiger partial charge is 0.368 e. The average molecular weight is 187 g/mol. The molecule has 1 fully saturated rings. The van der Waals surface area contributed by atoms with Crippen molar-refractivity contribution in [2.45, 2.75) is 38.4 Å². The molecule has 0 amide bonds. The van der Waals surface area contributed by atoms with E-state index in [-0.39, 0.29) is 5.97 Å². The van der Waals surface area contributed by atoms with Crippen LogP contribution in [-0.2, 0) is 9.63 Å². The first-order valence-corrected chi connectivity index (χ1v) is 4.61. The predicted octanol–water partition coefficient (Wildman–Crippen LogP) is -0.170. The van der Waals surface area contributed by atoms with Gasteiger partial charge < -0.3 is 4.84 Å². The zero-order valence-corrected chi connectivity index (χ0v) is 7.93. The fourth-order valence-corrected chi connectivity index (χ4v) is 1.17. The summed E-state index contributed by atoms with van der Waals surface area (Å²) in [6.45, 7) is 2.55. The van der Waals surface area contributed by atoms with Crippen LogP contribution in [0.5, 0.6) is 0 Å². The maximum absolute atomic E-state index is 11.0. The van der Waals surface area contributed by atoms with Gasteiger partial charge in [0.2, 0.25) is 0 Å². The second-order valence-corrected chi connectivity index (χ2v) is 3.52. The molecule has 5 nitrogen and oxygen atoms in total. The van der Waals surface area contributed by atoms with Gasteiger partial charge in [-0.2, -0.15) is 0 Å². The number of rotatable bonds is 0. The molecule has 0 saturated carbocycles. The van der Waals surface area contributed by atoms with Gasteiger partial charge in [-0.25, -0.2) is 0 Å². The molecule has 0 aliphatic carbocycles. The van der Waals surface area contributed by atoms with E-state index < -0.39 is 5.79 Å². The fourth-order valence-electron chi connectivity index (χ4n) is 1.17. The average Bonchev–Trinajstić information content (AvgIpc) is 2.07. The lowest BCUT2D eigenvalue weighted by atomic mass is 10.2. The summed E-state index contributed by atoms with van der Waals surface area (Å²) in [4.78, 5) is 15.8. The second kappa shape index (κ2) is 4.55. The van der Waals surface area contributed by atoms with Crippen LogP contribution in [0, 0.1) is 0 Å². The van der Waals surface area contributed by atoms with Crippen LogP contribution in [0.4, 0.5) is 0 Å². The number of nitrogens with one attached hydrogen (secondary N) is 2. The zero-order chi connectivity index (χ0) is 9.73. The topological polar surface area (TPSA) is 76.4 Å². The third-order valence-corrected chi connectivity index (χ3v) is 1.93. The third-order valence-electron chi connectivity index (χ3n) is 1.93. The van der Waals surface area contributed by atoms with E-state index in [1.165, 1.54) is 0 Å². The van der Waals surface area contributed by atoms with E-state index in [0.29, 0.717) is 6.42 Å². The Bertz CT molecular complexity index is 182. The lowest BCUT2D eigenvalue weighted by molar-refractivity contribution is -0.157. The number of hydrogen-bond donors (Lipinski definition) is 3. The van der Waals surface area contributed by atoms with E-state index in [2.05, 4.69) is 10.8 Å². The molecule has 4 N–H and O–H groups in total. The Labute approximate surface area is 78.0 Å². The van der Waals surface area contributed by atoms with Crippen molar-refractivity contribution >= 4 is 5.97 Å². The normalized spacial score (nSPS) is 32.3. The van der Waals surface area contributed by atoms with E-state index in [1.807, 2.05) is 0 Å². The monoisotopic (exact) mass is 187 g/mol. The number of nitrogens with two attached hydrogens (primary N) is 1. The van der Waals surface area contributed by atoms with Crippen molar-refractivity contribution in [1.82, 2.24) is 10.8 Å². The summed E-state index contributed by atoms with van der Waals surface area (Å²) >= 11 is 0. The second-order valence-electron chi connectivity index (χ2n) is 3.52. The van der Waals surface area contributed by atoms with Gasteiger partial charge in [-0.05, 0) is 26.3 Å². The highest BCUT2D eigenvalue weighted by atomic mass is 16.7. The highest BCUT2D eigenvalue weighted by molar-refractivity contribution is 5.68. The van der Waals surface area contributed by atoms with E-state index in [4.69, 9.17) is 10.6 Å². The molecule has 0 aromatic rings. The standard InChI is InChI=1S/C8H17N3O2/c1-8(9)10-6-4-2-3-5-7(12)13-11-8/h10-11H,2-6,9H2,1H3. The Morgan fingerprint density at radius 3 is 3.00 bits per heavy atom. The van der Waals surface area contributed by atoms with E-state index >= 15 is 0 Å². The summed E-state index contributed by atoms with van der Waals surface area (Å²) in [5.41, 5.74) is 8.23. The molecular formula is C8H17N3O2. The molecule has 1 aliphatic heterocycles. The van der Waals surface area contributed by atoms with Gasteiger partial charge in [-0.3, -0.25) is 15.8 Å². The van der Waals surface area contributed by atoms with Crippen LogP contribution < -0.4 is 16.5 Å². The lowest BCUT2D eigenvalue weighted by Crippen LogP contribution is -2.62. The molecule has 1 aliphatic rings. The molecule has 1 saturated heterocycles. The smallest absolute Gasteiger partial charge is 0.324 e. The van der Waals surface area contributed by atoms with Crippen molar-refractivity contribution in [2.75, 3.05) is 6.54 Å². The maximum atomic E-state index is 11.0. The van der Waals surface area contributed by atoms with Gasteiger partial charge in [0.1, 0.15) is 0 Å². The summed E-state index contributed by atoms with van der Waals surface area (Å²) in [6.07, 6.45) is 3.40. The van der Waals surface area contributed by atoms with Crippen LogP contribution in [-0.4, -0.2) is 18.3 Å². The molecule has 0 spiro atoms. The summed E-state index contributed by atoms with van der Waals surface area (Å²) in [5.74, 6) is -1.08. The molecule has 0 radical (unpaired) electrons. The van der Waals surface area contributed by atoms with Crippen molar-refractivity contribution in [2.24, 2.45) is 5.73 Å². The summed E-state index contributed by atoms with van der Waals surface area (Å²) < 4.78 is 0. The number of hydrogen-bond acceptors (Lipinski definition) is 5. The molecule has 1 rings (SSSR count). The minimum atomic E-state index is -0.826. The number of carbonyl (C=O) groups excluding carboxylic acids is 1. The van der Waals surface area contributed by atoms with Crippen molar-refractivity contribution in [1.29, 1.82) is 0 Å². The van der Waals surface area contributed by atoms with Crippen LogP contribution >= 0.6 is 0 Å². The molecule has 76 valence electrons. The molecule has 0 aromatic carbocycles. The Balaban J connectivity index is 2.41. The van der Waals surface area contributed by atoms with E-state index in [9.17, 15) is 4.79 Å². The maximum Gasteiger partial charge on any atom is 0.324 e. The van der Waals surface area contributed by atoms with Crippen molar-refractivity contribution in [3.05, 3.63) is 0 Å². The van der Waals surface area contributed by atoms with Gasteiger partial charge in [0, 0.05) is 6.42 Å². The molecule has 1 atom stereocenters. The fraction of sp³-hybridized carbons (Fsp3) is 0.875. The molecular weight excluding hydrogens is 170 g/mol. The quantitative estimate of drug-likeness (QED) is 0.491. The minimum absolute atomic E-state index is 0.250. The molecule has 13 heavy (non-hydrogen) atoms. The lowest BCUT2D eigenvalue weighted by Gasteiger charge is -2.27. The first-order chi connectivity index (χ1) is 6.10. The Morgan fingerprint density at radius 2 is 2.23 bits per heavy atom. The molecule has 0 aromatic heterocycles. The van der Waals surface area contributed by atoms with Gasteiger partial charge in [-0.15, -0.1) is 5.48 Å². The number of carbonyl (C=O) groups is 1.